The number of halogens is 3. The van der Waals surface area contributed by atoms with Gasteiger partial charge in [-0.15, -0.1) is 0 Å². The molecule has 1 aliphatic rings. The van der Waals surface area contributed by atoms with Crippen LogP contribution in [0.25, 0.3) is 6.08 Å². The predicted molar refractivity (Wildman–Crippen MR) is 84.3 cm³/mol. The van der Waals surface area contributed by atoms with Gasteiger partial charge < -0.3 is 16.2 Å². The van der Waals surface area contributed by atoms with Gasteiger partial charge in [0.1, 0.15) is 0 Å². The molecule has 0 saturated heterocycles. The van der Waals surface area contributed by atoms with Gasteiger partial charge in [0.2, 0.25) is 5.88 Å². The summed E-state index contributed by atoms with van der Waals surface area (Å²) in [6.45, 7) is 0. The molecule has 4 N–H and O–H groups in total. The number of rotatable bonds is 4. The highest BCUT2D eigenvalue weighted by atomic mass is 19.4. The van der Waals surface area contributed by atoms with E-state index in [-0.39, 0.29) is 36.0 Å². The molecule has 5 nitrogen and oxygen atoms in total. The largest absolute Gasteiger partial charge is 0.481 e. The van der Waals surface area contributed by atoms with Crippen LogP contribution in [-0.4, -0.2) is 24.2 Å². The minimum absolute atomic E-state index is 0.0605. The average molecular weight is 343 g/mol. The summed E-state index contributed by atoms with van der Waals surface area (Å²) in [6.07, 6.45) is 0.672. The number of hydrogen-bond donors (Lipinski definition) is 2. The molecule has 0 unspecified atom stereocenters. The number of primary amides is 1. The molecular weight excluding hydrogens is 323 g/mol. The molecule has 1 fully saturated rings. The number of carbonyl (C=O) groups excluding carboxylic acids is 1. The summed E-state index contributed by atoms with van der Waals surface area (Å²) in [5.74, 6) is -1.71. The molecule has 1 heterocycles. The van der Waals surface area contributed by atoms with Crippen molar-refractivity contribution in [1.29, 1.82) is 0 Å². The zero-order valence-corrected chi connectivity index (χ0v) is 13.3. The maximum Gasteiger partial charge on any atom is 0.391 e. The molecule has 1 aliphatic carbocycles. The minimum Gasteiger partial charge on any atom is -0.481 e. The van der Waals surface area contributed by atoms with E-state index in [0.717, 1.165) is 0 Å². The van der Waals surface area contributed by atoms with Crippen molar-refractivity contribution in [2.45, 2.75) is 31.9 Å². The maximum absolute atomic E-state index is 12.7. The Morgan fingerprint density at radius 1 is 1.33 bits per heavy atom. The normalized spacial score (nSPS) is 21.8. The van der Waals surface area contributed by atoms with Gasteiger partial charge in [0.15, 0.2) is 5.69 Å². The van der Waals surface area contributed by atoms with E-state index in [1.54, 1.807) is 6.08 Å². The van der Waals surface area contributed by atoms with Gasteiger partial charge in [-0.2, -0.15) is 13.2 Å². The van der Waals surface area contributed by atoms with Crippen LogP contribution in [0.2, 0.25) is 0 Å². The van der Waals surface area contributed by atoms with E-state index in [9.17, 15) is 18.0 Å². The minimum atomic E-state index is -4.11. The average Bonchev–Trinajstić information content (AvgIpc) is 2.52. The lowest BCUT2D eigenvalue weighted by Crippen LogP contribution is -2.27. The lowest BCUT2D eigenvalue weighted by atomic mass is 9.81. The summed E-state index contributed by atoms with van der Waals surface area (Å²) in [5, 5.41) is 0. The van der Waals surface area contributed by atoms with Crippen molar-refractivity contribution in [1.82, 2.24) is 4.98 Å². The summed E-state index contributed by atoms with van der Waals surface area (Å²) in [6, 6.07) is 1.52. The maximum atomic E-state index is 12.7. The van der Waals surface area contributed by atoms with Crippen LogP contribution in [0.3, 0.4) is 0 Å². The Kier molecular flexibility index (Phi) is 5.36. The van der Waals surface area contributed by atoms with Gasteiger partial charge in [-0.1, -0.05) is 12.2 Å². The number of nitrogens with two attached hydrogens (primary N) is 2. The van der Waals surface area contributed by atoms with Crippen molar-refractivity contribution < 1.29 is 22.7 Å². The highest BCUT2D eigenvalue weighted by molar-refractivity contribution is 5.96. The summed E-state index contributed by atoms with van der Waals surface area (Å²) < 4.78 is 43.1. The second kappa shape index (κ2) is 7.11. The molecule has 1 aromatic heterocycles. The van der Waals surface area contributed by atoms with E-state index in [1.807, 2.05) is 6.08 Å². The smallest absolute Gasteiger partial charge is 0.391 e. The lowest BCUT2D eigenvalue weighted by molar-refractivity contribution is -0.183. The topological polar surface area (TPSA) is 91.2 Å². The van der Waals surface area contributed by atoms with Crippen molar-refractivity contribution in [2.75, 3.05) is 12.8 Å². The summed E-state index contributed by atoms with van der Waals surface area (Å²) in [5.41, 5.74) is 11.5. The van der Waals surface area contributed by atoms with E-state index in [0.29, 0.717) is 18.4 Å². The second-order valence-corrected chi connectivity index (χ2v) is 5.90. The number of allylic oxidation sites excluding steroid dienone is 1. The van der Waals surface area contributed by atoms with E-state index >= 15 is 0 Å². The third kappa shape index (κ3) is 4.18. The quantitative estimate of drug-likeness (QED) is 0.878. The number of aromatic nitrogens is 1. The SMILES string of the molecule is COc1nc(C(N)=O)c(N)cc1/C=C/C1CCC(C(F)(F)F)CC1. The monoisotopic (exact) mass is 343 g/mol. The molecule has 2 rings (SSSR count). The number of alkyl halides is 3. The van der Waals surface area contributed by atoms with Gasteiger partial charge in [-0.05, 0) is 37.7 Å². The van der Waals surface area contributed by atoms with Crippen LogP contribution >= 0.6 is 0 Å². The van der Waals surface area contributed by atoms with Crippen molar-refractivity contribution in [3.05, 3.63) is 23.4 Å². The van der Waals surface area contributed by atoms with Crippen LogP contribution in [0.5, 0.6) is 5.88 Å². The third-order valence-electron chi connectivity index (χ3n) is 4.25. The Balaban J connectivity index is 2.10. The van der Waals surface area contributed by atoms with E-state index in [4.69, 9.17) is 16.2 Å². The standard InChI is InChI=1S/C16H20F3N3O2/c1-24-15-10(8-12(20)13(22-15)14(21)23)5-2-9-3-6-11(7-4-9)16(17,18)19/h2,5,8-9,11H,3-4,6-7,20H2,1H3,(H2,21,23)/b5-2+. The van der Waals surface area contributed by atoms with Gasteiger partial charge in [0.25, 0.3) is 5.91 Å². The van der Waals surface area contributed by atoms with Gasteiger partial charge in [0.05, 0.1) is 18.7 Å². The fourth-order valence-electron chi connectivity index (χ4n) is 2.89. The molecule has 0 aliphatic heterocycles. The Bertz CT molecular complexity index is 636. The molecule has 1 amide bonds. The zero-order chi connectivity index (χ0) is 17.9. The Morgan fingerprint density at radius 2 is 1.96 bits per heavy atom. The van der Waals surface area contributed by atoms with E-state index < -0.39 is 18.0 Å². The first-order valence-electron chi connectivity index (χ1n) is 7.61. The van der Waals surface area contributed by atoms with Gasteiger partial charge >= 0.3 is 6.18 Å². The van der Waals surface area contributed by atoms with Gasteiger partial charge in [0, 0.05) is 5.56 Å². The molecule has 8 heteroatoms. The van der Waals surface area contributed by atoms with Crippen LogP contribution in [0.15, 0.2) is 12.1 Å². The van der Waals surface area contributed by atoms with Crippen molar-refractivity contribution in [3.63, 3.8) is 0 Å². The number of amides is 1. The van der Waals surface area contributed by atoms with Crippen LogP contribution in [-0.2, 0) is 0 Å². The Hall–Kier alpha value is -2.25. The summed E-state index contributed by atoms with van der Waals surface area (Å²) >= 11 is 0. The second-order valence-electron chi connectivity index (χ2n) is 5.90. The van der Waals surface area contributed by atoms with Crippen LogP contribution < -0.4 is 16.2 Å². The van der Waals surface area contributed by atoms with Crippen molar-refractivity contribution >= 4 is 17.7 Å². The molecule has 1 aromatic rings. The first-order chi connectivity index (χ1) is 11.2. The molecule has 0 bridgehead atoms. The molecule has 24 heavy (non-hydrogen) atoms. The lowest BCUT2D eigenvalue weighted by Gasteiger charge is -2.28. The number of methoxy groups -OCH3 is 1. The van der Waals surface area contributed by atoms with E-state index in [2.05, 4.69) is 4.98 Å². The number of nitrogens with zero attached hydrogens (tertiary/aromatic N) is 1. The number of pyridine rings is 1. The molecule has 1 saturated carbocycles. The van der Waals surface area contributed by atoms with Crippen LogP contribution in [0.1, 0.15) is 41.7 Å². The van der Waals surface area contributed by atoms with E-state index in [1.165, 1.54) is 13.2 Å². The first-order valence-corrected chi connectivity index (χ1v) is 7.61. The fourth-order valence-corrected chi connectivity index (χ4v) is 2.89. The third-order valence-corrected chi connectivity index (χ3v) is 4.25. The number of carbonyl (C=O) groups is 1. The summed E-state index contributed by atoms with van der Waals surface area (Å²) in [7, 11) is 1.40. The molecule has 0 spiro atoms. The predicted octanol–water partition coefficient (Wildman–Crippen LogP) is 3.15. The Labute approximate surface area is 137 Å². The van der Waals surface area contributed by atoms with Crippen LogP contribution in [0.4, 0.5) is 18.9 Å². The Morgan fingerprint density at radius 3 is 2.46 bits per heavy atom. The van der Waals surface area contributed by atoms with Crippen molar-refractivity contribution in [3.8, 4) is 5.88 Å². The van der Waals surface area contributed by atoms with Gasteiger partial charge in [-0.25, -0.2) is 4.98 Å². The zero-order valence-electron chi connectivity index (χ0n) is 13.3. The number of hydrogen-bond acceptors (Lipinski definition) is 4. The first kappa shape index (κ1) is 18.1. The number of nitrogen functional groups attached to an aromatic ring is 1. The molecule has 0 aromatic carbocycles. The molecule has 0 atom stereocenters. The van der Waals surface area contributed by atoms with Crippen molar-refractivity contribution in [2.24, 2.45) is 17.6 Å². The highest BCUT2D eigenvalue weighted by Crippen LogP contribution is 2.40. The number of anilines is 1. The fraction of sp³-hybridized carbons (Fsp3) is 0.500. The number of ether oxygens (including phenoxy) is 1. The van der Waals surface area contributed by atoms with Crippen LogP contribution in [0, 0.1) is 11.8 Å². The summed E-state index contributed by atoms with van der Waals surface area (Å²) in [4.78, 5) is 15.2. The molecular formula is C16H20F3N3O2. The highest BCUT2D eigenvalue weighted by Gasteiger charge is 2.40. The van der Waals surface area contributed by atoms with Gasteiger partial charge in [-0.3, -0.25) is 4.79 Å². The molecule has 132 valence electrons. The molecule has 0 radical (unpaired) electrons.